The minimum Gasteiger partial charge on any atom is -0.436 e. The topological polar surface area (TPSA) is 38.4 Å². The second-order valence-electron chi connectivity index (χ2n) is 5.99. The van der Waals surface area contributed by atoms with Crippen LogP contribution in [0.25, 0.3) is 28.6 Å². The van der Waals surface area contributed by atoms with Crippen LogP contribution >= 0.6 is 39.1 Å². The summed E-state index contributed by atoms with van der Waals surface area (Å²) in [5.41, 5.74) is 4.08. The normalized spacial score (nSPS) is 11.8. The molecule has 0 unspecified atom stereocenters. The maximum Gasteiger partial charge on any atom is 0.227 e. The van der Waals surface area contributed by atoms with Crippen molar-refractivity contribution in [3.8, 4) is 11.5 Å². The summed E-state index contributed by atoms with van der Waals surface area (Å²) in [5, 5.41) is 0.957. The van der Waals surface area contributed by atoms with Gasteiger partial charge in [-0.3, -0.25) is 4.99 Å². The van der Waals surface area contributed by atoms with Crippen LogP contribution in [0.4, 0.5) is 5.69 Å². The minimum absolute atomic E-state index is 0.462. The number of rotatable bonds is 4. The number of allylic oxidation sites excluding steroid dienone is 1. The molecule has 6 heteroatoms. The van der Waals surface area contributed by atoms with E-state index in [0.29, 0.717) is 21.5 Å². The smallest absolute Gasteiger partial charge is 0.227 e. The number of oxazole rings is 1. The van der Waals surface area contributed by atoms with E-state index in [2.05, 4.69) is 25.9 Å². The molecule has 0 radical (unpaired) electrons. The van der Waals surface area contributed by atoms with E-state index in [0.717, 1.165) is 26.8 Å². The first kappa shape index (κ1) is 18.9. The van der Waals surface area contributed by atoms with Gasteiger partial charge in [0, 0.05) is 16.3 Å². The number of halogens is 3. The fourth-order valence-electron chi connectivity index (χ4n) is 2.61. The predicted molar refractivity (Wildman–Crippen MR) is 121 cm³/mol. The van der Waals surface area contributed by atoms with Crippen LogP contribution in [-0.2, 0) is 0 Å². The van der Waals surface area contributed by atoms with Crippen LogP contribution in [0.2, 0.25) is 10.0 Å². The monoisotopic (exact) mass is 470 g/mol. The Morgan fingerprint density at radius 1 is 0.929 bits per heavy atom. The summed E-state index contributed by atoms with van der Waals surface area (Å²) in [4.78, 5) is 8.99. The number of hydrogen-bond acceptors (Lipinski definition) is 3. The predicted octanol–water partition coefficient (Wildman–Crippen LogP) is 7.98. The van der Waals surface area contributed by atoms with Crippen LogP contribution in [0.15, 0.2) is 80.6 Å². The van der Waals surface area contributed by atoms with Gasteiger partial charge in [-0.05, 0) is 60.2 Å². The number of aromatic nitrogens is 1. The highest BCUT2D eigenvalue weighted by Crippen LogP contribution is 2.31. The first-order valence-corrected chi connectivity index (χ1v) is 9.96. The molecular weight excluding hydrogens is 459 g/mol. The van der Waals surface area contributed by atoms with Gasteiger partial charge in [-0.15, -0.1) is 0 Å². The molecule has 0 amide bonds. The highest BCUT2D eigenvalue weighted by atomic mass is 79.9. The Labute approximate surface area is 180 Å². The van der Waals surface area contributed by atoms with Crippen molar-refractivity contribution in [2.45, 2.75) is 0 Å². The van der Waals surface area contributed by atoms with Crippen LogP contribution in [-0.4, -0.2) is 11.2 Å². The highest BCUT2D eigenvalue weighted by molar-refractivity contribution is 9.10. The second-order valence-corrected chi connectivity index (χ2v) is 7.72. The summed E-state index contributed by atoms with van der Waals surface area (Å²) in [6.45, 7) is 0. The number of hydrogen-bond donors (Lipinski definition) is 0. The van der Waals surface area contributed by atoms with Gasteiger partial charge < -0.3 is 4.42 Å². The molecule has 0 aliphatic carbocycles. The average molecular weight is 472 g/mol. The molecule has 4 rings (SSSR count). The van der Waals surface area contributed by atoms with Gasteiger partial charge in [-0.2, -0.15) is 0 Å². The maximum atomic E-state index is 6.08. The molecule has 1 heterocycles. The Hall–Kier alpha value is -2.40. The summed E-state index contributed by atoms with van der Waals surface area (Å²) in [5.74, 6) is 0.491. The average Bonchev–Trinajstić information content (AvgIpc) is 3.12. The van der Waals surface area contributed by atoms with E-state index >= 15 is 0 Å². The molecule has 0 saturated carbocycles. The SMILES string of the molecule is Clc1ccc(-c2nc3cc(N=C/C=C/c4ccc(Br)cc4)ccc3o2)cc1Cl. The van der Waals surface area contributed by atoms with Crippen molar-refractivity contribution in [1.29, 1.82) is 0 Å². The zero-order valence-electron chi connectivity index (χ0n) is 14.4. The van der Waals surface area contributed by atoms with E-state index < -0.39 is 0 Å². The zero-order chi connectivity index (χ0) is 19.5. The van der Waals surface area contributed by atoms with Crippen molar-refractivity contribution in [2.75, 3.05) is 0 Å². The van der Waals surface area contributed by atoms with E-state index in [1.54, 1.807) is 18.3 Å². The van der Waals surface area contributed by atoms with Gasteiger partial charge in [-0.25, -0.2) is 4.98 Å². The first-order valence-electron chi connectivity index (χ1n) is 8.41. The van der Waals surface area contributed by atoms with Crippen LogP contribution < -0.4 is 0 Å². The molecule has 4 aromatic rings. The number of nitrogens with zero attached hydrogens (tertiary/aromatic N) is 2. The van der Waals surface area contributed by atoms with Gasteiger partial charge in [0.1, 0.15) is 5.52 Å². The van der Waals surface area contributed by atoms with Gasteiger partial charge >= 0.3 is 0 Å². The standard InChI is InChI=1S/C22H13BrCl2N2O/c23-16-6-3-14(4-7-16)2-1-11-26-17-8-10-21-20(13-17)27-22(28-21)15-5-9-18(24)19(25)12-15/h1-13H/b2-1+,26-11?. The third-order valence-corrected chi connectivity index (χ3v) is 5.27. The fraction of sp³-hybridized carbons (Fsp3) is 0. The van der Waals surface area contributed by atoms with Crippen molar-refractivity contribution in [3.63, 3.8) is 0 Å². The van der Waals surface area contributed by atoms with E-state index in [4.69, 9.17) is 27.6 Å². The van der Waals surface area contributed by atoms with E-state index in [9.17, 15) is 0 Å². The van der Waals surface area contributed by atoms with Crippen molar-refractivity contribution in [3.05, 3.63) is 86.8 Å². The molecule has 0 atom stereocenters. The quantitative estimate of drug-likeness (QED) is 0.283. The fourth-order valence-corrected chi connectivity index (χ4v) is 3.17. The van der Waals surface area contributed by atoms with Crippen LogP contribution in [0, 0.1) is 0 Å². The molecule has 0 fully saturated rings. The Balaban J connectivity index is 1.54. The summed E-state index contributed by atoms with van der Waals surface area (Å²) in [6.07, 6.45) is 5.65. The minimum atomic E-state index is 0.462. The van der Waals surface area contributed by atoms with Crippen LogP contribution in [0.5, 0.6) is 0 Å². The molecule has 3 aromatic carbocycles. The maximum absolute atomic E-state index is 6.08. The summed E-state index contributed by atoms with van der Waals surface area (Å²) < 4.78 is 6.87. The lowest BCUT2D eigenvalue weighted by molar-refractivity contribution is 0.620. The molecule has 0 aliphatic rings. The molecule has 0 bridgehead atoms. The van der Waals surface area contributed by atoms with E-state index in [1.165, 1.54) is 0 Å². The Morgan fingerprint density at radius 3 is 2.54 bits per heavy atom. The van der Waals surface area contributed by atoms with Crippen LogP contribution in [0.1, 0.15) is 5.56 Å². The van der Waals surface area contributed by atoms with Crippen molar-refractivity contribution < 1.29 is 4.42 Å². The first-order chi connectivity index (χ1) is 13.6. The van der Waals surface area contributed by atoms with E-state index in [-0.39, 0.29) is 0 Å². The molecule has 0 saturated heterocycles. The number of fused-ring (bicyclic) bond motifs is 1. The molecule has 138 valence electrons. The Kier molecular flexibility index (Phi) is 5.62. The summed E-state index contributed by atoms with van der Waals surface area (Å²) >= 11 is 15.5. The molecule has 3 nitrogen and oxygen atoms in total. The lowest BCUT2D eigenvalue weighted by atomic mass is 10.2. The molecular formula is C22H13BrCl2N2O. The van der Waals surface area contributed by atoms with Crippen LogP contribution in [0.3, 0.4) is 0 Å². The largest absolute Gasteiger partial charge is 0.436 e. The van der Waals surface area contributed by atoms with Gasteiger partial charge in [0.05, 0.1) is 15.7 Å². The Morgan fingerprint density at radius 2 is 1.75 bits per heavy atom. The van der Waals surface area contributed by atoms with Gasteiger partial charge in [0.25, 0.3) is 0 Å². The highest BCUT2D eigenvalue weighted by Gasteiger charge is 2.10. The Bertz CT molecular complexity index is 1200. The molecule has 0 N–H and O–H groups in total. The van der Waals surface area contributed by atoms with Gasteiger partial charge in [0.15, 0.2) is 5.58 Å². The van der Waals surface area contributed by atoms with Crippen molar-refractivity contribution in [1.82, 2.24) is 4.98 Å². The summed E-state index contributed by atoms with van der Waals surface area (Å²) in [6, 6.07) is 19.0. The van der Waals surface area contributed by atoms with Gasteiger partial charge in [0.2, 0.25) is 5.89 Å². The second kappa shape index (κ2) is 8.31. The lowest BCUT2D eigenvalue weighted by Gasteiger charge is -1.97. The third-order valence-electron chi connectivity index (χ3n) is 4.01. The third kappa shape index (κ3) is 4.36. The molecule has 0 spiro atoms. The van der Waals surface area contributed by atoms with Crippen molar-refractivity contribution >= 4 is 68.2 Å². The molecule has 0 aliphatic heterocycles. The molecule has 28 heavy (non-hydrogen) atoms. The summed E-state index contributed by atoms with van der Waals surface area (Å²) in [7, 11) is 0. The van der Waals surface area contributed by atoms with Gasteiger partial charge in [-0.1, -0.05) is 57.3 Å². The zero-order valence-corrected chi connectivity index (χ0v) is 17.5. The van der Waals surface area contributed by atoms with E-state index in [1.807, 2.05) is 60.7 Å². The van der Waals surface area contributed by atoms with Crippen molar-refractivity contribution in [2.24, 2.45) is 4.99 Å². The number of benzene rings is 3. The lowest BCUT2D eigenvalue weighted by Crippen LogP contribution is -1.77. The molecule has 1 aromatic heterocycles. The number of aliphatic imine (C=N–C) groups is 1.